The number of nitrogens with one attached hydrogen (secondary N) is 1. The molecule has 1 aliphatic rings. The van der Waals surface area contributed by atoms with Gasteiger partial charge in [-0.05, 0) is 19.3 Å². The molecular weight excluding hydrogens is 298 g/mol. The molecule has 2 N–H and O–H groups in total. The first-order valence-electron chi connectivity index (χ1n) is 6.85. The second-order valence-corrected chi connectivity index (χ2v) is 6.79. The molecule has 2 rings (SSSR count). The Morgan fingerprint density at radius 2 is 2.38 bits per heavy atom. The Bertz CT molecular complexity index is 598. The van der Waals surface area contributed by atoms with Gasteiger partial charge in [0.1, 0.15) is 5.56 Å². The molecule has 1 aliphatic heterocycles. The van der Waals surface area contributed by atoms with Crippen LogP contribution >= 0.6 is 0 Å². The number of carbonyl (C=O) groups is 1. The van der Waals surface area contributed by atoms with Crippen LogP contribution in [0.3, 0.4) is 0 Å². The maximum atomic E-state index is 12.5. The third-order valence-corrected chi connectivity index (χ3v) is 5.17. The zero-order valence-electron chi connectivity index (χ0n) is 11.8. The van der Waals surface area contributed by atoms with Crippen LogP contribution in [0.2, 0.25) is 0 Å². The summed E-state index contributed by atoms with van der Waals surface area (Å²) in [4.78, 5) is 11.1. The quantitative estimate of drug-likeness (QED) is 0.798. The number of nitrogens with zero attached hydrogens (tertiary/aromatic N) is 2. The van der Waals surface area contributed by atoms with Crippen molar-refractivity contribution in [2.75, 3.05) is 19.7 Å². The fraction of sp³-hybridized carbons (Fsp3) is 0.667. The molecule has 0 aliphatic carbocycles. The van der Waals surface area contributed by atoms with E-state index in [0.29, 0.717) is 19.6 Å². The Hall–Kier alpha value is -1.45. The highest BCUT2D eigenvalue weighted by atomic mass is 32.2. The van der Waals surface area contributed by atoms with Crippen molar-refractivity contribution in [3.63, 3.8) is 0 Å². The molecule has 0 spiro atoms. The van der Waals surface area contributed by atoms with Gasteiger partial charge >= 0.3 is 5.97 Å². The lowest BCUT2D eigenvalue weighted by Crippen LogP contribution is -2.43. The van der Waals surface area contributed by atoms with Crippen molar-refractivity contribution in [1.82, 2.24) is 14.5 Å². The molecule has 8 nitrogen and oxygen atoms in total. The number of aromatic nitrogens is 2. The molecule has 0 radical (unpaired) electrons. The number of hydrogen-bond donors (Lipinski definition) is 2. The maximum Gasteiger partial charge on any atom is 0.340 e. The third-order valence-electron chi connectivity index (χ3n) is 3.33. The van der Waals surface area contributed by atoms with Crippen molar-refractivity contribution in [2.24, 2.45) is 0 Å². The average molecular weight is 317 g/mol. The molecule has 2 heterocycles. The van der Waals surface area contributed by atoms with Crippen LogP contribution in [0.25, 0.3) is 0 Å². The van der Waals surface area contributed by atoms with Crippen molar-refractivity contribution in [3.8, 4) is 0 Å². The maximum absolute atomic E-state index is 12.5. The van der Waals surface area contributed by atoms with E-state index in [9.17, 15) is 13.2 Å². The average Bonchev–Trinajstić information content (AvgIpc) is 2.96. The normalized spacial score (nSPS) is 20.5. The molecule has 0 aromatic carbocycles. The van der Waals surface area contributed by atoms with Gasteiger partial charge < -0.3 is 9.84 Å². The van der Waals surface area contributed by atoms with E-state index in [0.717, 1.165) is 19.0 Å². The van der Waals surface area contributed by atoms with Crippen LogP contribution in [0.15, 0.2) is 11.2 Å². The minimum absolute atomic E-state index is 0.148. The molecule has 1 unspecified atom stereocenters. The molecule has 21 heavy (non-hydrogen) atoms. The first kappa shape index (κ1) is 15.9. The van der Waals surface area contributed by atoms with Gasteiger partial charge in [0.15, 0.2) is 5.03 Å². The van der Waals surface area contributed by atoms with Gasteiger partial charge in [-0.2, -0.15) is 9.40 Å². The predicted octanol–water partition coefficient (Wildman–Crippen LogP) is 0.688. The van der Waals surface area contributed by atoms with Crippen LogP contribution in [0, 0.1) is 0 Å². The van der Waals surface area contributed by atoms with Gasteiger partial charge in [0.25, 0.3) is 10.0 Å². The second kappa shape index (κ2) is 6.54. The SMILES string of the molecule is CCCOC1CCCN(S(=O)(=O)c2[nH]ncc2C(=O)O)C1. The number of aromatic carboxylic acids is 1. The van der Waals surface area contributed by atoms with Gasteiger partial charge in [0, 0.05) is 19.7 Å². The van der Waals surface area contributed by atoms with Crippen LogP contribution in [-0.4, -0.2) is 59.8 Å². The summed E-state index contributed by atoms with van der Waals surface area (Å²) in [5.41, 5.74) is -0.341. The van der Waals surface area contributed by atoms with Crippen LogP contribution in [-0.2, 0) is 14.8 Å². The summed E-state index contributed by atoms with van der Waals surface area (Å²) in [5, 5.41) is 14.5. The van der Waals surface area contributed by atoms with Gasteiger partial charge in [-0.1, -0.05) is 6.92 Å². The summed E-state index contributed by atoms with van der Waals surface area (Å²) in [6, 6.07) is 0. The highest BCUT2D eigenvalue weighted by Gasteiger charge is 2.34. The molecule has 0 bridgehead atoms. The van der Waals surface area contributed by atoms with Gasteiger partial charge in [0.2, 0.25) is 0 Å². The van der Waals surface area contributed by atoms with Crippen molar-refractivity contribution in [2.45, 2.75) is 37.3 Å². The molecule has 118 valence electrons. The van der Waals surface area contributed by atoms with Gasteiger partial charge in [-0.3, -0.25) is 5.10 Å². The number of piperidine rings is 1. The Morgan fingerprint density at radius 1 is 1.62 bits per heavy atom. The highest BCUT2D eigenvalue weighted by Crippen LogP contribution is 2.23. The zero-order valence-corrected chi connectivity index (χ0v) is 12.6. The van der Waals surface area contributed by atoms with Crippen molar-refractivity contribution < 1.29 is 23.1 Å². The summed E-state index contributed by atoms with van der Waals surface area (Å²) < 4.78 is 31.9. The second-order valence-electron chi connectivity index (χ2n) is 4.92. The summed E-state index contributed by atoms with van der Waals surface area (Å²) in [7, 11) is -3.90. The topological polar surface area (TPSA) is 113 Å². The summed E-state index contributed by atoms with van der Waals surface area (Å²) in [6.07, 6.45) is 3.21. The Balaban J connectivity index is 2.19. The van der Waals surface area contributed by atoms with E-state index in [4.69, 9.17) is 9.84 Å². The van der Waals surface area contributed by atoms with E-state index in [1.165, 1.54) is 4.31 Å². The Labute approximate surface area is 123 Å². The van der Waals surface area contributed by atoms with E-state index < -0.39 is 16.0 Å². The number of carboxylic acids is 1. The van der Waals surface area contributed by atoms with Gasteiger partial charge in [-0.15, -0.1) is 0 Å². The van der Waals surface area contributed by atoms with Crippen molar-refractivity contribution in [3.05, 3.63) is 11.8 Å². The fourth-order valence-electron chi connectivity index (χ4n) is 2.30. The number of ether oxygens (including phenoxy) is 1. The fourth-order valence-corrected chi connectivity index (χ4v) is 3.87. The van der Waals surface area contributed by atoms with Crippen molar-refractivity contribution >= 4 is 16.0 Å². The lowest BCUT2D eigenvalue weighted by atomic mass is 10.1. The molecule has 9 heteroatoms. The molecule has 1 aromatic heterocycles. The molecule has 0 amide bonds. The van der Waals surface area contributed by atoms with E-state index in [2.05, 4.69) is 10.2 Å². The van der Waals surface area contributed by atoms with E-state index in [1.807, 2.05) is 6.92 Å². The van der Waals surface area contributed by atoms with Gasteiger partial charge in [0.05, 0.1) is 12.3 Å². The summed E-state index contributed by atoms with van der Waals surface area (Å²) in [6.45, 7) is 3.16. The molecule has 1 aromatic rings. The number of rotatable bonds is 6. The van der Waals surface area contributed by atoms with E-state index >= 15 is 0 Å². The number of sulfonamides is 1. The Kier molecular flexibility index (Phi) is 4.96. The standard InChI is InChI=1S/C12H19N3O5S/c1-2-6-20-9-4-3-5-15(8-9)21(18,19)11-10(12(16)17)7-13-14-11/h7,9H,2-6,8H2,1H3,(H,13,14)(H,16,17). The first-order valence-corrected chi connectivity index (χ1v) is 8.29. The van der Waals surface area contributed by atoms with E-state index in [1.54, 1.807) is 0 Å². The van der Waals surface area contributed by atoms with Crippen LogP contribution in [0.4, 0.5) is 0 Å². The predicted molar refractivity (Wildman–Crippen MR) is 73.6 cm³/mol. The first-order chi connectivity index (χ1) is 9.96. The number of hydrogen-bond acceptors (Lipinski definition) is 5. The molecule has 0 saturated carbocycles. The molecule has 1 saturated heterocycles. The van der Waals surface area contributed by atoms with Crippen LogP contribution in [0.1, 0.15) is 36.5 Å². The molecular formula is C12H19N3O5S. The monoisotopic (exact) mass is 317 g/mol. The summed E-state index contributed by atoms with van der Waals surface area (Å²) in [5.74, 6) is -1.32. The minimum Gasteiger partial charge on any atom is -0.478 e. The molecule has 1 atom stereocenters. The lowest BCUT2D eigenvalue weighted by molar-refractivity contribution is 0.0193. The number of aromatic amines is 1. The zero-order chi connectivity index (χ0) is 15.5. The van der Waals surface area contributed by atoms with Crippen LogP contribution in [0.5, 0.6) is 0 Å². The third kappa shape index (κ3) is 3.42. The minimum atomic E-state index is -3.90. The van der Waals surface area contributed by atoms with Gasteiger partial charge in [-0.25, -0.2) is 13.2 Å². The lowest BCUT2D eigenvalue weighted by Gasteiger charge is -2.31. The van der Waals surface area contributed by atoms with Crippen LogP contribution < -0.4 is 0 Å². The Morgan fingerprint density at radius 3 is 3.05 bits per heavy atom. The molecule has 1 fully saturated rings. The largest absolute Gasteiger partial charge is 0.478 e. The summed E-state index contributed by atoms with van der Waals surface area (Å²) >= 11 is 0. The number of H-pyrrole nitrogens is 1. The smallest absolute Gasteiger partial charge is 0.340 e. The van der Waals surface area contributed by atoms with Crippen molar-refractivity contribution in [1.29, 1.82) is 0 Å². The number of carboxylic acid groups (broad SMARTS) is 1. The highest BCUT2D eigenvalue weighted by molar-refractivity contribution is 7.89. The van der Waals surface area contributed by atoms with E-state index in [-0.39, 0.29) is 23.2 Å².